The molecule has 2 aliphatic rings. The monoisotopic (exact) mass is 578 g/mol. The van der Waals surface area contributed by atoms with E-state index in [0.29, 0.717) is 7.25 Å². The Morgan fingerprint density at radius 2 is 0.865 bits per heavy atom. The molecule has 188 valence electrons. The molecule has 0 amide bonds. The second-order valence-corrected chi connectivity index (χ2v) is 35.7. The maximum absolute atomic E-state index is 2.89. The first kappa shape index (κ1) is 25.3. The predicted molar refractivity (Wildman–Crippen MR) is 160 cm³/mol. The van der Waals surface area contributed by atoms with E-state index >= 15 is 0 Å². The summed E-state index contributed by atoms with van der Waals surface area (Å²) in [5, 5.41) is 0. The zero-order valence-electron chi connectivity index (χ0n) is 22.5. The molecule has 0 atom stereocenters. The molecule has 0 spiro atoms. The number of benzene rings is 4. The minimum absolute atomic E-state index is 0.217. The van der Waals surface area contributed by atoms with Crippen LogP contribution in [0.5, 0.6) is 0 Å². The van der Waals surface area contributed by atoms with Crippen LogP contribution in [0.4, 0.5) is 0 Å². The van der Waals surface area contributed by atoms with Crippen molar-refractivity contribution in [3.8, 4) is 22.3 Å². The van der Waals surface area contributed by atoms with E-state index in [1.54, 1.807) is 22.3 Å². The van der Waals surface area contributed by atoms with E-state index in [1.165, 1.54) is 66.8 Å². The molecule has 0 nitrogen and oxygen atoms in total. The molecule has 0 saturated carbocycles. The Morgan fingerprint density at radius 1 is 0.514 bits per heavy atom. The fourth-order valence-electron chi connectivity index (χ4n) is 7.65. The molecule has 0 bridgehead atoms. The zero-order valence-corrected chi connectivity index (χ0v) is 26.4. The van der Waals surface area contributed by atoms with Crippen molar-refractivity contribution in [3.63, 3.8) is 0 Å². The van der Waals surface area contributed by atoms with Crippen molar-refractivity contribution in [2.24, 2.45) is 0 Å². The van der Waals surface area contributed by atoms with E-state index in [1.807, 2.05) is 0 Å². The average Bonchev–Trinajstić information content (AvgIpc) is 3.46. The Hall–Kier alpha value is -2.02. The van der Waals surface area contributed by atoms with E-state index in [0.717, 1.165) is 0 Å². The van der Waals surface area contributed by atoms with Crippen molar-refractivity contribution in [1.29, 1.82) is 0 Å². The van der Waals surface area contributed by atoms with Gasteiger partial charge in [0.15, 0.2) is 0 Å². The molecule has 0 heterocycles. The van der Waals surface area contributed by atoms with Crippen LogP contribution in [0.25, 0.3) is 22.3 Å². The maximum atomic E-state index is 2.89. The van der Waals surface area contributed by atoms with Gasteiger partial charge in [0.25, 0.3) is 0 Å². The molecular formula is C35H40SiZr. The molecular weight excluding hydrogens is 540 g/mol. The van der Waals surface area contributed by atoms with Crippen molar-refractivity contribution in [3.05, 3.63) is 119 Å². The van der Waals surface area contributed by atoms with Crippen LogP contribution < -0.4 is 0 Å². The summed E-state index contributed by atoms with van der Waals surface area (Å²) in [7, 11) is 0. The van der Waals surface area contributed by atoms with Crippen molar-refractivity contribution >= 4 is 6.65 Å². The van der Waals surface area contributed by atoms with Gasteiger partial charge in [-0.3, -0.25) is 0 Å². The number of fused-ring (bicyclic) bond motifs is 6. The van der Waals surface area contributed by atoms with Crippen molar-refractivity contribution in [1.82, 2.24) is 0 Å². The molecule has 0 unspecified atom stereocenters. The van der Waals surface area contributed by atoms with Gasteiger partial charge in [-0.1, -0.05) is 0 Å². The van der Waals surface area contributed by atoms with Crippen LogP contribution >= 0.6 is 0 Å². The van der Waals surface area contributed by atoms with Crippen LogP contribution in [-0.4, -0.2) is 6.65 Å². The SMILES string of the molecule is CCCCCCCC[SiH2][Zr]([CH3])([CH]1c2ccccc2-c2ccccc21)[CH]1c2ccccc2-c2ccccc21. The topological polar surface area (TPSA) is 0 Å². The van der Waals surface area contributed by atoms with Gasteiger partial charge in [-0.05, 0) is 0 Å². The van der Waals surface area contributed by atoms with Crippen molar-refractivity contribution in [2.75, 3.05) is 0 Å². The summed E-state index contributed by atoms with van der Waals surface area (Å²) in [6.07, 6.45) is 8.48. The van der Waals surface area contributed by atoms with Gasteiger partial charge in [0.1, 0.15) is 0 Å². The third kappa shape index (κ3) is 4.49. The van der Waals surface area contributed by atoms with Gasteiger partial charge in [0.2, 0.25) is 0 Å². The molecule has 4 aromatic rings. The fraction of sp³-hybridized carbons (Fsp3) is 0.314. The average molecular weight is 580 g/mol. The van der Waals surface area contributed by atoms with Gasteiger partial charge >= 0.3 is 231 Å². The van der Waals surface area contributed by atoms with Crippen LogP contribution in [0.2, 0.25) is 10.7 Å². The molecule has 0 fully saturated rings. The molecule has 6 rings (SSSR count). The van der Waals surface area contributed by atoms with Crippen LogP contribution in [-0.2, 0) is 19.4 Å². The number of hydrogen-bond acceptors (Lipinski definition) is 0. The van der Waals surface area contributed by atoms with Crippen LogP contribution in [0, 0.1) is 0 Å². The molecule has 4 aromatic carbocycles. The molecule has 0 saturated heterocycles. The Labute approximate surface area is 229 Å². The molecule has 0 aromatic heterocycles. The first-order chi connectivity index (χ1) is 18.2. The zero-order chi connectivity index (χ0) is 25.2. The summed E-state index contributed by atoms with van der Waals surface area (Å²) in [5.41, 5.74) is 12.7. The number of unbranched alkanes of at least 4 members (excludes halogenated alkanes) is 5. The first-order valence-electron chi connectivity index (χ1n) is 14.6. The van der Waals surface area contributed by atoms with Gasteiger partial charge in [-0.25, -0.2) is 0 Å². The standard InChI is InChI=1S/2C13H9.C8H19Si.CH3.Zr/c2*1-3-7-12-10(5-1)9-11-6-2-4-8-13(11)12;1-2-3-4-5-6-7-8-9;;/h2*1-9H;2-9H2,1H3;1H3;. The van der Waals surface area contributed by atoms with E-state index in [9.17, 15) is 0 Å². The van der Waals surface area contributed by atoms with Gasteiger partial charge in [0, 0.05) is 0 Å². The van der Waals surface area contributed by atoms with Gasteiger partial charge in [-0.15, -0.1) is 0 Å². The molecule has 2 heteroatoms. The molecule has 2 aliphatic carbocycles. The molecule has 0 radical (unpaired) electrons. The Kier molecular flexibility index (Phi) is 7.51. The number of hydrogen-bond donors (Lipinski definition) is 0. The molecule has 37 heavy (non-hydrogen) atoms. The Balaban J connectivity index is 1.45. The second-order valence-electron chi connectivity index (χ2n) is 11.6. The number of rotatable bonds is 10. The van der Waals surface area contributed by atoms with Gasteiger partial charge < -0.3 is 0 Å². The third-order valence-electron chi connectivity index (χ3n) is 9.31. The van der Waals surface area contributed by atoms with E-state index in [2.05, 4.69) is 109 Å². The molecule has 0 N–H and O–H groups in total. The summed E-state index contributed by atoms with van der Waals surface area (Å²) < 4.78 is 4.22. The summed E-state index contributed by atoms with van der Waals surface area (Å²) in [6, 6.07) is 39.3. The minimum atomic E-state index is -2.87. The van der Waals surface area contributed by atoms with E-state index in [4.69, 9.17) is 0 Å². The van der Waals surface area contributed by atoms with Gasteiger partial charge in [-0.2, -0.15) is 0 Å². The van der Waals surface area contributed by atoms with Crippen molar-refractivity contribution in [2.45, 2.75) is 63.4 Å². The summed E-state index contributed by atoms with van der Waals surface area (Å²) in [6.45, 7) is 2.10. The predicted octanol–water partition coefficient (Wildman–Crippen LogP) is 9.59. The van der Waals surface area contributed by atoms with E-state index in [-0.39, 0.29) is 6.65 Å². The van der Waals surface area contributed by atoms with E-state index < -0.39 is 19.4 Å². The third-order valence-corrected chi connectivity index (χ3v) is 36.2. The Morgan fingerprint density at radius 3 is 1.27 bits per heavy atom. The summed E-state index contributed by atoms with van der Waals surface area (Å²) >= 11 is -2.87. The Bertz CT molecular complexity index is 1200. The fourth-order valence-corrected chi connectivity index (χ4v) is 36.8. The van der Waals surface area contributed by atoms with Crippen LogP contribution in [0.1, 0.15) is 75.0 Å². The van der Waals surface area contributed by atoms with Gasteiger partial charge in [0.05, 0.1) is 0 Å². The van der Waals surface area contributed by atoms with Crippen molar-refractivity contribution < 1.29 is 19.4 Å². The quantitative estimate of drug-likeness (QED) is 0.130. The summed E-state index contributed by atoms with van der Waals surface area (Å²) in [5.74, 6) is 0. The van der Waals surface area contributed by atoms with Crippen LogP contribution in [0.15, 0.2) is 97.1 Å². The first-order valence-corrected chi connectivity index (χ1v) is 26.8. The summed E-state index contributed by atoms with van der Waals surface area (Å²) in [4.78, 5) is 0. The van der Waals surface area contributed by atoms with Crippen LogP contribution in [0.3, 0.4) is 0 Å². The molecule has 0 aliphatic heterocycles. The second kappa shape index (κ2) is 11.0. The normalized spacial score (nSPS) is 14.6.